The summed E-state index contributed by atoms with van der Waals surface area (Å²) in [5, 5.41) is 5.40. The van der Waals surface area contributed by atoms with Crippen LogP contribution in [0.1, 0.15) is 13.8 Å². The van der Waals surface area contributed by atoms with Crippen LogP contribution < -0.4 is 0 Å². The summed E-state index contributed by atoms with van der Waals surface area (Å²) in [7, 11) is 0. The molecule has 0 aromatic heterocycles. The summed E-state index contributed by atoms with van der Waals surface area (Å²) in [6.07, 6.45) is 0.637. The third-order valence-corrected chi connectivity index (χ3v) is 1.39. The Hall–Kier alpha value is -0.186. The number of isocyanates is 1. The van der Waals surface area contributed by atoms with Crippen LogP contribution in [0.25, 0.3) is 0 Å². The molecule has 0 bridgehead atoms. The molecule has 5 nitrogen and oxygen atoms in total. The quantitative estimate of drug-likeness (QED) is 0.361. The molecule has 0 rings (SSSR count). The van der Waals surface area contributed by atoms with Gasteiger partial charge in [0.25, 0.3) is 0 Å². The zero-order chi connectivity index (χ0) is 8.57. The zero-order valence-electron chi connectivity index (χ0n) is 5.75. The molecule has 58 valence electrons. The van der Waals surface area contributed by atoms with Crippen molar-refractivity contribution in [2.45, 2.75) is 20.0 Å². The van der Waals surface area contributed by atoms with Gasteiger partial charge in [-0.05, 0) is 0 Å². The number of hydrogen-bond donors (Lipinski definition) is 2. The monoisotopic (exact) mass is 183 g/mol. The minimum atomic E-state index is -3.20. The number of hydrogen-bond acceptors (Lipinski definition) is 4. The first-order chi connectivity index (χ1) is 4.54. The molecule has 0 amide bonds. The molecule has 0 aliphatic heterocycles. The maximum atomic E-state index is 9.84. The van der Waals surface area contributed by atoms with Crippen molar-refractivity contribution < 1.29 is 33.7 Å². The van der Waals surface area contributed by atoms with Crippen LogP contribution >= 0.6 is 0 Å². The Morgan fingerprint density at radius 3 is 2.00 bits per heavy atom. The zero-order valence-corrected chi connectivity index (χ0v) is 7.31. The molecular weight excluding hydrogens is 174 g/mol. The maximum Gasteiger partial charge on any atom is 0.231 e. The van der Waals surface area contributed by atoms with E-state index in [9.17, 15) is 3.32 Å². The van der Waals surface area contributed by atoms with E-state index in [0.717, 1.165) is 6.08 Å². The van der Waals surface area contributed by atoms with Crippen molar-refractivity contribution in [3.8, 4) is 0 Å². The smallest absolute Gasteiger partial charge is 0.222 e. The Balaban J connectivity index is 0. The number of rotatable bonds is 2. The summed E-state index contributed by atoms with van der Waals surface area (Å²) in [4.78, 5) is 8.35. The van der Waals surface area contributed by atoms with Crippen molar-refractivity contribution in [1.29, 1.82) is 5.41 Å². The van der Waals surface area contributed by atoms with Gasteiger partial charge in [-0.25, -0.2) is 10.2 Å². The van der Waals surface area contributed by atoms with E-state index in [1.165, 1.54) is 0 Å². The first-order valence-corrected chi connectivity index (χ1v) is 4.45. The molecule has 0 saturated heterocycles. The fourth-order valence-electron chi connectivity index (χ4n) is 0.202. The SMILES string of the molecule is CC(C)[O][Ti](=[O])[OH].N=C=O. The van der Waals surface area contributed by atoms with E-state index in [2.05, 4.69) is 3.32 Å². The van der Waals surface area contributed by atoms with E-state index < -0.39 is 18.6 Å². The predicted octanol–water partition coefficient (Wildman–Crippen LogP) is 0.0984. The van der Waals surface area contributed by atoms with E-state index in [-0.39, 0.29) is 6.10 Å². The molecule has 0 heterocycles. The van der Waals surface area contributed by atoms with E-state index in [1.54, 1.807) is 13.8 Å². The second kappa shape index (κ2) is 8.81. The minimum Gasteiger partial charge on any atom is -0.222 e. The van der Waals surface area contributed by atoms with Crippen molar-refractivity contribution in [2.24, 2.45) is 0 Å². The molecule has 0 aliphatic rings. The molecule has 10 heavy (non-hydrogen) atoms. The molecule has 0 saturated carbocycles. The van der Waals surface area contributed by atoms with Gasteiger partial charge in [-0.1, -0.05) is 0 Å². The predicted molar refractivity (Wildman–Crippen MR) is 27.5 cm³/mol. The van der Waals surface area contributed by atoms with Gasteiger partial charge < -0.3 is 0 Å². The van der Waals surface area contributed by atoms with Gasteiger partial charge in [0.1, 0.15) is 0 Å². The molecular formula is C4H9NO4Ti. The van der Waals surface area contributed by atoms with Gasteiger partial charge in [-0.2, -0.15) is 0 Å². The summed E-state index contributed by atoms with van der Waals surface area (Å²) in [6.45, 7) is 3.45. The third-order valence-electron chi connectivity index (χ3n) is 0.337. The molecule has 0 atom stereocenters. The standard InChI is InChI=1S/C3H7O.CHNO.H2O.O.Ti/c1-3(2)4;2-1-3;;;/h3H,1-2H3;2H;1H2;;/q-1;;;;+2/p-1. The molecule has 0 spiro atoms. The van der Waals surface area contributed by atoms with Crippen LogP contribution in [-0.4, -0.2) is 15.9 Å². The van der Waals surface area contributed by atoms with Crippen LogP contribution in [-0.2, 0) is 30.1 Å². The summed E-state index contributed by atoms with van der Waals surface area (Å²) in [5.41, 5.74) is 0. The van der Waals surface area contributed by atoms with Gasteiger partial charge in [0.15, 0.2) is 0 Å². The van der Waals surface area contributed by atoms with Crippen molar-refractivity contribution in [1.82, 2.24) is 0 Å². The Kier molecular flexibility index (Phi) is 11.0. The van der Waals surface area contributed by atoms with Gasteiger partial charge in [-0.3, -0.25) is 0 Å². The molecule has 0 unspecified atom stereocenters. The molecule has 6 heteroatoms. The number of nitrogens with one attached hydrogen (secondary N) is 1. The molecule has 2 N–H and O–H groups in total. The number of carbonyl (C=O) groups excluding carboxylic acids is 1. The summed E-state index contributed by atoms with van der Waals surface area (Å²) >= 11 is -3.20. The van der Waals surface area contributed by atoms with Crippen LogP contribution in [0.5, 0.6) is 0 Å². The van der Waals surface area contributed by atoms with Crippen molar-refractivity contribution >= 4 is 6.08 Å². The van der Waals surface area contributed by atoms with E-state index in [1.807, 2.05) is 0 Å². The van der Waals surface area contributed by atoms with Gasteiger partial charge in [0, 0.05) is 0 Å². The van der Waals surface area contributed by atoms with Crippen molar-refractivity contribution in [3.05, 3.63) is 0 Å². The largest absolute Gasteiger partial charge is 0.231 e. The Morgan fingerprint density at radius 1 is 1.70 bits per heavy atom. The van der Waals surface area contributed by atoms with Gasteiger partial charge in [0.05, 0.1) is 0 Å². The van der Waals surface area contributed by atoms with Crippen LogP contribution in [0, 0.1) is 5.41 Å². The average Bonchev–Trinajstić information content (AvgIpc) is 1.62. The molecule has 0 aliphatic carbocycles. The third kappa shape index (κ3) is 24.9. The van der Waals surface area contributed by atoms with E-state index >= 15 is 0 Å². The fourth-order valence-corrected chi connectivity index (χ4v) is 0.831. The van der Waals surface area contributed by atoms with Crippen LogP contribution in [0.2, 0.25) is 0 Å². The van der Waals surface area contributed by atoms with Crippen LogP contribution in [0.4, 0.5) is 0 Å². The second-order valence-corrected chi connectivity index (χ2v) is 2.73. The van der Waals surface area contributed by atoms with E-state index in [4.69, 9.17) is 13.9 Å². The maximum absolute atomic E-state index is 9.84. The summed E-state index contributed by atoms with van der Waals surface area (Å²) in [6, 6.07) is 0. The average molecular weight is 183 g/mol. The van der Waals surface area contributed by atoms with Crippen LogP contribution in [0.15, 0.2) is 0 Å². The van der Waals surface area contributed by atoms with Gasteiger partial charge in [0.2, 0.25) is 6.08 Å². The topological polar surface area (TPSA) is 87.4 Å². The molecule has 0 fully saturated rings. The normalized spacial score (nSPS) is 7.60. The summed E-state index contributed by atoms with van der Waals surface area (Å²) < 4.78 is 22.4. The van der Waals surface area contributed by atoms with E-state index in [0.29, 0.717) is 0 Å². The molecule has 0 aromatic rings. The van der Waals surface area contributed by atoms with Gasteiger partial charge >= 0.3 is 48.9 Å². The Labute approximate surface area is 65.6 Å². The second-order valence-electron chi connectivity index (χ2n) is 1.53. The first-order valence-electron chi connectivity index (χ1n) is 2.48. The Morgan fingerprint density at radius 2 is 2.00 bits per heavy atom. The Bertz CT molecular complexity index is 129. The van der Waals surface area contributed by atoms with Crippen LogP contribution in [0.3, 0.4) is 0 Å². The fraction of sp³-hybridized carbons (Fsp3) is 0.750. The van der Waals surface area contributed by atoms with Crippen molar-refractivity contribution in [2.75, 3.05) is 0 Å². The summed E-state index contributed by atoms with van der Waals surface area (Å²) in [5.74, 6) is 0. The molecule has 0 aromatic carbocycles. The minimum absolute atomic E-state index is 0.113. The first kappa shape index (κ1) is 12.5. The molecule has 0 radical (unpaired) electrons. The van der Waals surface area contributed by atoms with Crippen molar-refractivity contribution in [3.63, 3.8) is 0 Å². The van der Waals surface area contributed by atoms with Gasteiger partial charge in [-0.15, -0.1) is 0 Å².